The van der Waals surface area contributed by atoms with Gasteiger partial charge >= 0.3 is 0 Å². The molecule has 0 unspecified atom stereocenters. The number of nitrogens with one attached hydrogen (secondary N) is 5. The molecule has 0 atom stereocenters. The number of carbonyl (C=O) groups excluding carboxylic acids is 4. The Morgan fingerprint density at radius 2 is 1.45 bits per heavy atom. The fraction of sp³-hybridized carbons (Fsp3) is 0.273. The van der Waals surface area contributed by atoms with Gasteiger partial charge in [-0.15, -0.1) is 11.3 Å². The molecule has 12 nitrogen and oxygen atoms in total. The first kappa shape index (κ1) is 32.1. The lowest BCUT2D eigenvalue weighted by Crippen LogP contribution is -2.38. The van der Waals surface area contributed by atoms with Crippen molar-refractivity contribution >= 4 is 73.7 Å². The van der Waals surface area contributed by atoms with E-state index in [4.69, 9.17) is 11.6 Å². The maximum atomic E-state index is 13.1. The fourth-order valence-corrected chi connectivity index (χ4v) is 7.07. The van der Waals surface area contributed by atoms with Crippen molar-refractivity contribution in [3.05, 3.63) is 88.0 Å². The lowest BCUT2D eigenvalue weighted by molar-refractivity contribution is 0.0936. The van der Waals surface area contributed by atoms with Crippen LogP contribution < -0.4 is 21.3 Å². The Labute approximate surface area is 280 Å². The molecule has 0 saturated carbocycles. The molecule has 1 aliphatic heterocycles. The van der Waals surface area contributed by atoms with E-state index in [0.29, 0.717) is 44.9 Å². The number of nitrogens with zero attached hydrogens (tertiary/aromatic N) is 3. The van der Waals surface area contributed by atoms with Crippen LogP contribution in [0.5, 0.6) is 0 Å². The number of fused-ring (bicyclic) bond motifs is 1. The van der Waals surface area contributed by atoms with Crippen LogP contribution in [0.3, 0.4) is 0 Å². The highest BCUT2D eigenvalue weighted by atomic mass is 35.5. The van der Waals surface area contributed by atoms with Gasteiger partial charge in [-0.3, -0.25) is 19.2 Å². The summed E-state index contributed by atoms with van der Waals surface area (Å²) in [4.78, 5) is 57.4. The molecule has 47 heavy (non-hydrogen) atoms. The Morgan fingerprint density at radius 1 is 0.809 bits per heavy atom. The van der Waals surface area contributed by atoms with Gasteiger partial charge in [-0.25, -0.2) is 0 Å². The van der Waals surface area contributed by atoms with E-state index in [0.717, 1.165) is 29.7 Å². The van der Waals surface area contributed by atoms with Crippen LogP contribution in [0, 0.1) is 0 Å². The molecule has 0 aliphatic carbocycles. The smallest absolute Gasteiger partial charge is 0.272 e. The van der Waals surface area contributed by atoms with E-state index in [-0.39, 0.29) is 17.5 Å². The van der Waals surface area contributed by atoms with E-state index in [2.05, 4.69) is 31.2 Å². The molecular formula is C33H35ClN8O4S. The van der Waals surface area contributed by atoms with Gasteiger partial charge in [-0.05, 0) is 50.2 Å². The van der Waals surface area contributed by atoms with Crippen molar-refractivity contribution in [1.82, 2.24) is 24.3 Å². The van der Waals surface area contributed by atoms with Crippen molar-refractivity contribution in [1.29, 1.82) is 0 Å². The molecule has 1 aliphatic rings. The normalized spacial score (nSPS) is 13.4. The number of carbonyl (C=O) groups is 4. The summed E-state index contributed by atoms with van der Waals surface area (Å²) in [5, 5.41) is 12.5. The minimum Gasteiger partial charge on any atom is -0.355 e. The van der Waals surface area contributed by atoms with Crippen molar-refractivity contribution in [3.8, 4) is 0 Å². The highest BCUT2D eigenvalue weighted by Gasteiger charge is 2.20. The first-order chi connectivity index (χ1) is 22.7. The lowest BCUT2D eigenvalue weighted by Gasteiger charge is -2.26. The van der Waals surface area contributed by atoms with Gasteiger partial charge in [0.05, 0.1) is 22.1 Å². The van der Waals surface area contributed by atoms with Gasteiger partial charge in [-0.2, -0.15) is 0 Å². The second-order valence-corrected chi connectivity index (χ2v) is 12.9. The van der Waals surface area contributed by atoms with E-state index < -0.39 is 11.8 Å². The quantitative estimate of drug-likeness (QED) is 0.132. The van der Waals surface area contributed by atoms with Gasteiger partial charge in [0, 0.05) is 55.9 Å². The number of likely N-dealkylation sites (tertiary alicyclic amines) is 1. The Hall–Kier alpha value is -4.85. The summed E-state index contributed by atoms with van der Waals surface area (Å²) in [6.45, 7) is 3.51. The molecule has 1 fully saturated rings. The van der Waals surface area contributed by atoms with Crippen LogP contribution in [0.2, 0.25) is 5.02 Å². The number of aromatic nitrogens is 3. The third-order valence-corrected chi connectivity index (χ3v) is 9.75. The number of rotatable bonds is 10. The zero-order valence-electron chi connectivity index (χ0n) is 26.0. The molecule has 14 heteroatoms. The van der Waals surface area contributed by atoms with E-state index in [1.807, 2.05) is 24.3 Å². The van der Waals surface area contributed by atoms with Crippen LogP contribution in [-0.4, -0.2) is 68.8 Å². The Balaban J connectivity index is 1.03. The van der Waals surface area contributed by atoms with Gasteiger partial charge < -0.3 is 40.3 Å². The molecule has 0 radical (unpaired) electrons. The summed E-state index contributed by atoms with van der Waals surface area (Å²) >= 11 is 7.73. The summed E-state index contributed by atoms with van der Waals surface area (Å²) in [5.41, 5.74) is 2.23. The molecule has 0 bridgehead atoms. The number of anilines is 3. The molecule has 5 N–H and O–H groups in total. The van der Waals surface area contributed by atoms with Crippen LogP contribution in [0.25, 0.3) is 10.1 Å². The number of hydrogen-bond acceptors (Lipinski definition) is 6. The van der Waals surface area contributed by atoms with Gasteiger partial charge in [0.25, 0.3) is 23.6 Å². The molecular weight excluding hydrogens is 640 g/mol. The number of thiophene rings is 1. The predicted octanol–water partition coefficient (Wildman–Crippen LogP) is 5.53. The predicted molar refractivity (Wildman–Crippen MR) is 185 cm³/mol. The molecule has 1 saturated heterocycles. The number of halogens is 1. The average molecular weight is 675 g/mol. The number of aromatic amines is 1. The largest absolute Gasteiger partial charge is 0.355 e. The van der Waals surface area contributed by atoms with Crippen LogP contribution >= 0.6 is 22.9 Å². The molecule has 5 aromatic rings. The van der Waals surface area contributed by atoms with Crippen molar-refractivity contribution in [3.63, 3.8) is 0 Å². The number of amides is 4. The van der Waals surface area contributed by atoms with Crippen LogP contribution in [0.4, 0.5) is 17.1 Å². The second-order valence-electron chi connectivity index (χ2n) is 11.5. The molecule has 4 amide bonds. The van der Waals surface area contributed by atoms with Crippen molar-refractivity contribution < 1.29 is 19.2 Å². The standard InChI is InChI=1S/C33H35ClN8O4S/c1-40-19-22(15-25(40)31(44)35-10-13-42-11-6-3-7-12-42)39-32(45)26-16-21(18-41(26)2)38-30(43)24-14-20(17-36-24)37-33(46)29-28(34)23-8-4-5-9-27(23)47-29/h4-5,8-9,14-19,36H,3,6-7,10-13H2,1-2H3,(H,35,44)(H,37,46)(H,38,43)(H,39,45). The van der Waals surface area contributed by atoms with Gasteiger partial charge in [-0.1, -0.05) is 36.2 Å². The van der Waals surface area contributed by atoms with Crippen LogP contribution in [0.1, 0.15) is 60.4 Å². The summed E-state index contributed by atoms with van der Waals surface area (Å²) in [7, 11) is 3.44. The van der Waals surface area contributed by atoms with Crippen LogP contribution in [0.15, 0.2) is 61.1 Å². The molecule has 1 aromatic carbocycles. The van der Waals surface area contributed by atoms with Gasteiger partial charge in [0.2, 0.25) is 0 Å². The van der Waals surface area contributed by atoms with E-state index >= 15 is 0 Å². The number of H-pyrrole nitrogens is 1. The van der Waals surface area contributed by atoms with E-state index in [9.17, 15) is 19.2 Å². The summed E-state index contributed by atoms with van der Waals surface area (Å²) in [6, 6.07) is 12.2. The second kappa shape index (κ2) is 13.9. The maximum absolute atomic E-state index is 13.1. The highest BCUT2D eigenvalue weighted by Crippen LogP contribution is 2.35. The number of piperidine rings is 1. The van der Waals surface area contributed by atoms with Gasteiger partial charge in [0.15, 0.2) is 0 Å². The molecule has 0 spiro atoms. The first-order valence-electron chi connectivity index (χ1n) is 15.3. The fourth-order valence-electron chi connectivity index (χ4n) is 5.66. The third kappa shape index (κ3) is 7.27. The zero-order valence-corrected chi connectivity index (χ0v) is 27.6. The highest BCUT2D eigenvalue weighted by molar-refractivity contribution is 7.21. The summed E-state index contributed by atoms with van der Waals surface area (Å²) in [6.07, 6.45) is 8.48. The molecule has 5 heterocycles. The Bertz CT molecular complexity index is 1970. The van der Waals surface area contributed by atoms with Crippen molar-refractivity contribution in [2.75, 3.05) is 42.1 Å². The lowest BCUT2D eigenvalue weighted by atomic mass is 10.1. The SMILES string of the molecule is Cn1cc(NC(=O)c2cc(NC(=O)c3cc(NC(=O)c4sc5ccccc5c4Cl)c[nH]3)cn2C)cc1C(=O)NCCN1CCCCC1. The molecule has 244 valence electrons. The Morgan fingerprint density at radius 3 is 2.15 bits per heavy atom. The summed E-state index contributed by atoms with van der Waals surface area (Å²) < 4.78 is 4.17. The van der Waals surface area contributed by atoms with Crippen molar-refractivity contribution in [2.24, 2.45) is 14.1 Å². The Kier molecular flexibility index (Phi) is 9.48. The van der Waals surface area contributed by atoms with Gasteiger partial charge in [0.1, 0.15) is 22.0 Å². The number of hydrogen-bond donors (Lipinski definition) is 5. The monoisotopic (exact) mass is 674 g/mol. The van der Waals surface area contributed by atoms with E-state index in [1.54, 1.807) is 47.8 Å². The topological polar surface area (TPSA) is 145 Å². The number of benzene rings is 1. The zero-order chi connectivity index (χ0) is 33.1. The summed E-state index contributed by atoms with van der Waals surface area (Å²) in [5.74, 6) is -1.44. The molecule has 4 aromatic heterocycles. The molecule has 6 rings (SSSR count). The van der Waals surface area contributed by atoms with E-state index in [1.165, 1.54) is 42.9 Å². The third-order valence-electron chi connectivity index (χ3n) is 8.08. The van der Waals surface area contributed by atoms with Crippen LogP contribution in [-0.2, 0) is 14.1 Å². The minimum absolute atomic E-state index is 0.204. The first-order valence-corrected chi connectivity index (χ1v) is 16.5. The maximum Gasteiger partial charge on any atom is 0.272 e. The number of aryl methyl sites for hydroxylation is 2. The minimum atomic E-state index is -0.457. The average Bonchev–Trinajstić information content (AvgIpc) is 3.84. The van der Waals surface area contributed by atoms with Crippen molar-refractivity contribution in [2.45, 2.75) is 19.3 Å².